The summed E-state index contributed by atoms with van der Waals surface area (Å²) in [5.74, 6) is -0.264. The summed E-state index contributed by atoms with van der Waals surface area (Å²) in [5.41, 5.74) is 0. The van der Waals surface area contributed by atoms with Gasteiger partial charge in [-0.3, -0.25) is 0 Å². The van der Waals surface area contributed by atoms with Crippen LogP contribution in [0, 0.1) is 0 Å². The lowest BCUT2D eigenvalue weighted by Crippen LogP contribution is -2.09. The predicted molar refractivity (Wildman–Crippen MR) is 51.1 cm³/mol. The molecule has 0 radical (unpaired) electrons. The summed E-state index contributed by atoms with van der Waals surface area (Å²) in [6, 6.07) is 4.71. The highest BCUT2D eigenvalue weighted by molar-refractivity contribution is 6.30. The Labute approximate surface area is 86.0 Å². The Morgan fingerprint density at radius 1 is 1.50 bits per heavy atom. The van der Waals surface area contributed by atoms with Crippen LogP contribution >= 0.6 is 11.6 Å². The van der Waals surface area contributed by atoms with Crippen molar-refractivity contribution in [2.75, 3.05) is 13.7 Å². The predicted octanol–water partition coefficient (Wildman–Crippen LogP) is 1.81. The van der Waals surface area contributed by atoms with E-state index in [9.17, 15) is 4.79 Å². The lowest BCUT2D eigenvalue weighted by atomic mass is 10.3. The third-order valence-electron chi connectivity index (χ3n) is 1.48. The summed E-state index contributed by atoms with van der Waals surface area (Å²) in [6.45, 7) is -0.405. The van der Waals surface area contributed by atoms with Gasteiger partial charge in [-0.2, -0.15) is 0 Å². The molecule has 1 aromatic carbocycles. The molecule has 0 saturated carbocycles. The molecule has 0 aromatic heterocycles. The fraction of sp³-hybridized carbons (Fsp3) is 0.222. The van der Waals surface area contributed by atoms with E-state index in [2.05, 4.69) is 0 Å². The summed E-state index contributed by atoms with van der Waals surface area (Å²) in [5, 5.41) is 8.91. The number of methoxy groups -OCH3 is 1. The minimum atomic E-state index is -1.04. The van der Waals surface area contributed by atoms with Gasteiger partial charge in [-0.25, -0.2) is 4.79 Å². The first kappa shape index (κ1) is 10.7. The van der Waals surface area contributed by atoms with Crippen molar-refractivity contribution in [3.05, 3.63) is 23.2 Å². The average molecular weight is 217 g/mol. The highest BCUT2D eigenvalue weighted by Gasteiger charge is 2.06. The number of benzene rings is 1. The summed E-state index contributed by atoms with van der Waals surface area (Å²) in [4.78, 5) is 10.2. The Kier molecular flexibility index (Phi) is 3.59. The van der Waals surface area contributed by atoms with E-state index in [-0.39, 0.29) is 0 Å². The summed E-state index contributed by atoms with van der Waals surface area (Å²) in [6.07, 6.45) is 0. The smallest absolute Gasteiger partial charge is 0.341 e. The molecule has 0 fully saturated rings. The van der Waals surface area contributed by atoms with E-state index in [0.29, 0.717) is 16.5 Å². The third-order valence-corrected chi connectivity index (χ3v) is 1.71. The van der Waals surface area contributed by atoms with E-state index >= 15 is 0 Å². The van der Waals surface area contributed by atoms with Crippen LogP contribution in [0.15, 0.2) is 18.2 Å². The molecule has 76 valence electrons. The van der Waals surface area contributed by atoms with E-state index in [1.165, 1.54) is 7.11 Å². The van der Waals surface area contributed by atoms with E-state index in [1.807, 2.05) is 0 Å². The van der Waals surface area contributed by atoms with E-state index in [4.69, 9.17) is 26.2 Å². The van der Waals surface area contributed by atoms with Gasteiger partial charge in [0, 0.05) is 11.1 Å². The first-order valence-corrected chi connectivity index (χ1v) is 4.19. The van der Waals surface area contributed by atoms with Crippen molar-refractivity contribution >= 4 is 17.6 Å². The molecule has 0 amide bonds. The molecule has 0 spiro atoms. The minimum Gasteiger partial charge on any atom is -0.493 e. The molecule has 0 aliphatic rings. The van der Waals surface area contributed by atoms with Crippen molar-refractivity contribution in [3.8, 4) is 11.5 Å². The van der Waals surface area contributed by atoms with Crippen molar-refractivity contribution in [1.82, 2.24) is 0 Å². The van der Waals surface area contributed by atoms with Crippen LogP contribution in [0.2, 0.25) is 5.02 Å². The molecule has 1 N–H and O–H groups in total. The molecule has 0 unspecified atom stereocenters. The lowest BCUT2D eigenvalue weighted by Gasteiger charge is -2.08. The molecule has 1 rings (SSSR count). The van der Waals surface area contributed by atoms with Gasteiger partial charge in [-0.05, 0) is 12.1 Å². The third kappa shape index (κ3) is 2.81. The molecule has 14 heavy (non-hydrogen) atoms. The van der Waals surface area contributed by atoms with Crippen LogP contribution in [0.3, 0.4) is 0 Å². The second-order valence-electron chi connectivity index (χ2n) is 2.48. The van der Waals surface area contributed by atoms with Gasteiger partial charge in [-0.15, -0.1) is 0 Å². The number of halogens is 1. The molecule has 0 saturated heterocycles. The number of carboxylic acids is 1. The Balaban J connectivity index is 2.80. The SMILES string of the molecule is COc1cc(Cl)ccc1OCC(=O)O. The quantitative estimate of drug-likeness (QED) is 0.834. The number of hydrogen-bond acceptors (Lipinski definition) is 3. The molecule has 1 aromatic rings. The lowest BCUT2D eigenvalue weighted by molar-refractivity contribution is -0.139. The van der Waals surface area contributed by atoms with E-state index < -0.39 is 12.6 Å². The number of ether oxygens (including phenoxy) is 2. The molecule has 0 atom stereocenters. The van der Waals surface area contributed by atoms with Gasteiger partial charge in [0.05, 0.1) is 7.11 Å². The van der Waals surface area contributed by atoms with Crippen LogP contribution in [0.5, 0.6) is 11.5 Å². The van der Waals surface area contributed by atoms with Crippen LogP contribution in [-0.2, 0) is 4.79 Å². The number of rotatable bonds is 4. The maximum absolute atomic E-state index is 10.2. The maximum atomic E-state index is 10.2. The van der Waals surface area contributed by atoms with E-state index in [0.717, 1.165) is 0 Å². The molecule has 5 heteroatoms. The van der Waals surface area contributed by atoms with Crippen LogP contribution in [0.1, 0.15) is 0 Å². The summed E-state index contributed by atoms with van der Waals surface area (Å²) >= 11 is 5.71. The van der Waals surface area contributed by atoms with Gasteiger partial charge in [-0.1, -0.05) is 11.6 Å². The zero-order chi connectivity index (χ0) is 10.6. The van der Waals surface area contributed by atoms with Crippen LogP contribution < -0.4 is 9.47 Å². The van der Waals surface area contributed by atoms with Crippen LogP contribution in [-0.4, -0.2) is 24.8 Å². The zero-order valence-corrected chi connectivity index (χ0v) is 8.25. The van der Waals surface area contributed by atoms with Gasteiger partial charge in [0.15, 0.2) is 18.1 Å². The number of carboxylic acid groups (broad SMARTS) is 1. The fourth-order valence-corrected chi connectivity index (χ4v) is 1.06. The maximum Gasteiger partial charge on any atom is 0.341 e. The summed E-state index contributed by atoms with van der Waals surface area (Å²) in [7, 11) is 1.46. The molecular formula is C9H9ClO4. The standard InChI is InChI=1S/C9H9ClO4/c1-13-8-4-6(10)2-3-7(8)14-5-9(11)12/h2-4H,5H2,1H3,(H,11,12). The van der Waals surface area contributed by atoms with Crippen molar-refractivity contribution in [1.29, 1.82) is 0 Å². The van der Waals surface area contributed by atoms with Gasteiger partial charge >= 0.3 is 5.97 Å². The molecule has 4 nitrogen and oxygen atoms in total. The van der Waals surface area contributed by atoms with Crippen molar-refractivity contribution in [2.24, 2.45) is 0 Å². The highest BCUT2D eigenvalue weighted by atomic mass is 35.5. The van der Waals surface area contributed by atoms with Crippen molar-refractivity contribution < 1.29 is 19.4 Å². The number of hydrogen-bond donors (Lipinski definition) is 1. The number of carbonyl (C=O) groups is 1. The highest BCUT2D eigenvalue weighted by Crippen LogP contribution is 2.29. The minimum absolute atomic E-state index is 0.360. The molecule has 0 aliphatic carbocycles. The Morgan fingerprint density at radius 2 is 2.21 bits per heavy atom. The summed E-state index contributed by atoms with van der Waals surface area (Å²) < 4.78 is 9.92. The largest absolute Gasteiger partial charge is 0.493 e. The van der Waals surface area contributed by atoms with Gasteiger partial charge in [0.1, 0.15) is 0 Å². The van der Waals surface area contributed by atoms with E-state index in [1.54, 1.807) is 18.2 Å². The fourth-order valence-electron chi connectivity index (χ4n) is 0.900. The number of aliphatic carboxylic acids is 1. The normalized spacial score (nSPS) is 9.57. The molecule has 0 heterocycles. The van der Waals surface area contributed by atoms with Gasteiger partial charge in [0.2, 0.25) is 0 Å². The van der Waals surface area contributed by atoms with Crippen molar-refractivity contribution in [3.63, 3.8) is 0 Å². The monoisotopic (exact) mass is 216 g/mol. The van der Waals surface area contributed by atoms with Gasteiger partial charge < -0.3 is 14.6 Å². The van der Waals surface area contributed by atoms with Crippen LogP contribution in [0.25, 0.3) is 0 Å². The molecule has 0 bridgehead atoms. The zero-order valence-electron chi connectivity index (χ0n) is 7.49. The first-order valence-electron chi connectivity index (χ1n) is 3.81. The second kappa shape index (κ2) is 4.72. The average Bonchev–Trinajstić information content (AvgIpc) is 2.15. The first-order chi connectivity index (χ1) is 6.63. The Hall–Kier alpha value is -1.42. The Bertz CT molecular complexity index is 338. The second-order valence-corrected chi connectivity index (χ2v) is 2.91. The van der Waals surface area contributed by atoms with Crippen molar-refractivity contribution in [2.45, 2.75) is 0 Å². The topological polar surface area (TPSA) is 55.8 Å². The molecule has 0 aliphatic heterocycles. The Morgan fingerprint density at radius 3 is 2.79 bits per heavy atom. The molecular weight excluding hydrogens is 208 g/mol. The van der Waals surface area contributed by atoms with Gasteiger partial charge in [0.25, 0.3) is 0 Å². The van der Waals surface area contributed by atoms with Crippen LogP contribution in [0.4, 0.5) is 0 Å².